The number of hydrogen-bond donors (Lipinski definition) is 0. The predicted octanol–water partition coefficient (Wildman–Crippen LogP) is 4.89. The molecule has 5 rings (SSSR count). The molecular formula is C35H30O10. The number of esters is 4. The lowest BCUT2D eigenvalue weighted by Crippen LogP contribution is -2.63. The highest BCUT2D eigenvalue weighted by Gasteiger charge is 2.53. The van der Waals surface area contributed by atoms with Crippen LogP contribution in [0.1, 0.15) is 41.4 Å². The van der Waals surface area contributed by atoms with Crippen molar-refractivity contribution in [3.63, 3.8) is 0 Å². The molecule has 1 aliphatic rings. The van der Waals surface area contributed by atoms with Crippen LogP contribution in [0.25, 0.3) is 0 Å². The molecule has 0 aromatic heterocycles. The lowest BCUT2D eigenvalue weighted by molar-refractivity contribution is -0.291. The van der Waals surface area contributed by atoms with Crippen LogP contribution in [0.15, 0.2) is 121 Å². The van der Waals surface area contributed by atoms with Crippen LogP contribution in [-0.4, -0.2) is 68.3 Å². The molecular weight excluding hydrogens is 580 g/mol. The number of carbonyl (C=O) groups is 4. The number of carbonyl (C=O) groups excluding carboxylic acids is 4. The number of benzene rings is 4. The summed E-state index contributed by atoms with van der Waals surface area (Å²) < 4.78 is 34.9. The first kappa shape index (κ1) is 31.1. The van der Waals surface area contributed by atoms with E-state index in [1.165, 1.54) is 7.11 Å². The summed E-state index contributed by atoms with van der Waals surface area (Å²) >= 11 is 0. The topological polar surface area (TPSA) is 124 Å². The second-order valence-electron chi connectivity index (χ2n) is 9.95. The Morgan fingerprint density at radius 3 is 1.27 bits per heavy atom. The minimum atomic E-state index is -1.45. The van der Waals surface area contributed by atoms with Crippen molar-refractivity contribution in [2.45, 2.75) is 30.7 Å². The maximum Gasteiger partial charge on any atom is 0.338 e. The second kappa shape index (κ2) is 14.9. The van der Waals surface area contributed by atoms with Crippen molar-refractivity contribution in [2.24, 2.45) is 0 Å². The minimum Gasteiger partial charge on any atom is -0.459 e. The Bertz CT molecular complexity index is 1580. The normalized spacial score (nSPS) is 20.8. The molecule has 0 saturated carbocycles. The van der Waals surface area contributed by atoms with E-state index in [0.29, 0.717) is 0 Å². The Hall–Kier alpha value is -5.32. The molecule has 0 radical (unpaired) electrons. The van der Waals surface area contributed by atoms with E-state index in [1.807, 2.05) is 0 Å². The van der Waals surface area contributed by atoms with Gasteiger partial charge in [0, 0.05) is 7.11 Å². The summed E-state index contributed by atoms with van der Waals surface area (Å²) in [4.78, 5) is 52.8. The van der Waals surface area contributed by atoms with E-state index in [9.17, 15) is 19.2 Å². The maximum atomic E-state index is 13.4. The smallest absolute Gasteiger partial charge is 0.338 e. The molecule has 10 nitrogen and oxygen atoms in total. The molecule has 1 aliphatic heterocycles. The first-order valence-electron chi connectivity index (χ1n) is 14.1. The summed E-state index contributed by atoms with van der Waals surface area (Å²) in [5, 5.41) is 0. The van der Waals surface area contributed by atoms with Crippen LogP contribution in [0.3, 0.4) is 0 Å². The third-order valence-corrected chi connectivity index (χ3v) is 6.97. The van der Waals surface area contributed by atoms with Crippen LogP contribution in [0.5, 0.6) is 0 Å². The molecule has 5 atom stereocenters. The monoisotopic (exact) mass is 610 g/mol. The molecule has 45 heavy (non-hydrogen) atoms. The van der Waals surface area contributed by atoms with Gasteiger partial charge in [-0.2, -0.15) is 0 Å². The summed E-state index contributed by atoms with van der Waals surface area (Å²) in [7, 11) is 1.31. The number of rotatable bonds is 10. The fraction of sp³-hybridized carbons (Fsp3) is 0.200. The third kappa shape index (κ3) is 7.80. The molecule has 4 aromatic rings. The van der Waals surface area contributed by atoms with Gasteiger partial charge < -0.3 is 28.4 Å². The minimum absolute atomic E-state index is 0.200. The van der Waals surface area contributed by atoms with E-state index in [0.717, 1.165) is 0 Å². The maximum absolute atomic E-state index is 13.4. The number of hydrogen-bond acceptors (Lipinski definition) is 10. The van der Waals surface area contributed by atoms with Gasteiger partial charge in [0.25, 0.3) is 0 Å². The Kier molecular flexibility index (Phi) is 10.3. The SMILES string of the molecule is CO[C@H]1O[C@@H](COC(=O)c2ccccc2)[C@@H](OC(=O)c2ccccc2)[C@H](OC(=O)c2ccccc2)[C@H]1OC(=O)c1ccccc1. The van der Waals surface area contributed by atoms with Gasteiger partial charge in [-0.15, -0.1) is 0 Å². The Morgan fingerprint density at radius 2 is 0.867 bits per heavy atom. The van der Waals surface area contributed by atoms with E-state index in [4.69, 9.17) is 28.4 Å². The van der Waals surface area contributed by atoms with Crippen molar-refractivity contribution in [3.05, 3.63) is 144 Å². The second-order valence-corrected chi connectivity index (χ2v) is 9.95. The molecule has 0 bridgehead atoms. The van der Waals surface area contributed by atoms with Crippen molar-refractivity contribution < 1.29 is 47.6 Å². The van der Waals surface area contributed by atoms with Crippen molar-refractivity contribution in [3.8, 4) is 0 Å². The largest absolute Gasteiger partial charge is 0.459 e. The average Bonchev–Trinajstić information content (AvgIpc) is 3.10. The van der Waals surface area contributed by atoms with Gasteiger partial charge in [-0.1, -0.05) is 72.8 Å². The molecule has 0 N–H and O–H groups in total. The van der Waals surface area contributed by atoms with Gasteiger partial charge in [0.2, 0.25) is 0 Å². The molecule has 230 valence electrons. The molecule has 1 heterocycles. The lowest BCUT2D eigenvalue weighted by Gasteiger charge is -2.44. The van der Waals surface area contributed by atoms with Crippen molar-refractivity contribution in [1.29, 1.82) is 0 Å². The fourth-order valence-electron chi connectivity index (χ4n) is 4.72. The molecule has 0 unspecified atom stereocenters. The van der Waals surface area contributed by atoms with Crippen molar-refractivity contribution in [2.75, 3.05) is 13.7 Å². The molecule has 0 amide bonds. The zero-order valence-electron chi connectivity index (χ0n) is 24.2. The van der Waals surface area contributed by atoms with Crippen LogP contribution in [0.2, 0.25) is 0 Å². The van der Waals surface area contributed by atoms with Gasteiger partial charge in [-0.25, -0.2) is 19.2 Å². The Morgan fingerprint density at radius 1 is 0.511 bits per heavy atom. The summed E-state index contributed by atoms with van der Waals surface area (Å²) in [6.07, 6.45) is -6.76. The molecule has 0 aliphatic carbocycles. The van der Waals surface area contributed by atoms with E-state index >= 15 is 0 Å². The van der Waals surface area contributed by atoms with Crippen LogP contribution >= 0.6 is 0 Å². The highest BCUT2D eigenvalue weighted by Crippen LogP contribution is 2.31. The van der Waals surface area contributed by atoms with E-state index < -0.39 is 61.2 Å². The predicted molar refractivity (Wildman–Crippen MR) is 159 cm³/mol. The van der Waals surface area contributed by atoms with Crippen LogP contribution in [0.4, 0.5) is 0 Å². The van der Waals surface area contributed by atoms with Crippen molar-refractivity contribution in [1.82, 2.24) is 0 Å². The van der Waals surface area contributed by atoms with Crippen LogP contribution < -0.4 is 0 Å². The summed E-state index contributed by atoms with van der Waals surface area (Å²) in [6, 6.07) is 32.7. The van der Waals surface area contributed by atoms with Gasteiger partial charge in [0.1, 0.15) is 12.7 Å². The van der Waals surface area contributed by atoms with Gasteiger partial charge in [0.05, 0.1) is 22.3 Å². The highest BCUT2D eigenvalue weighted by molar-refractivity contribution is 5.91. The highest BCUT2D eigenvalue weighted by atomic mass is 16.7. The summed E-state index contributed by atoms with van der Waals surface area (Å²) in [5.74, 6) is -2.96. The Labute approximate surface area is 259 Å². The first-order valence-corrected chi connectivity index (χ1v) is 14.1. The van der Waals surface area contributed by atoms with Crippen LogP contribution in [0, 0.1) is 0 Å². The lowest BCUT2D eigenvalue weighted by atomic mass is 9.97. The summed E-state index contributed by atoms with van der Waals surface area (Å²) in [6.45, 7) is -0.418. The van der Waals surface area contributed by atoms with E-state index in [2.05, 4.69) is 0 Å². The molecule has 1 saturated heterocycles. The molecule has 0 spiro atoms. The zero-order valence-corrected chi connectivity index (χ0v) is 24.2. The Balaban J connectivity index is 1.50. The van der Waals surface area contributed by atoms with Gasteiger partial charge in [-0.05, 0) is 48.5 Å². The molecule has 10 heteroatoms. The molecule has 1 fully saturated rings. The van der Waals surface area contributed by atoms with Gasteiger partial charge in [-0.3, -0.25) is 0 Å². The van der Waals surface area contributed by atoms with Gasteiger partial charge in [0.15, 0.2) is 24.6 Å². The van der Waals surface area contributed by atoms with E-state index in [1.54, 1.807) is 121 Å². The zero-order chi connectivity index (χ0) is 31.6. The fourth-order valence-corrected chi connectivity index (χ4v) is 4.72. The number of ether oxygens (including phenoxy) is 6. The van der Waals surface area contributed by atoms with Crippen LogP contribution in [-0.2, 0) is 28.4 Å². The quantitative estimate of drug-likeness (QED) is 0.181. The van der Waals surface area contributed by atoms with E-state index in [-0.39, 0.29) is 22.3 Å². The number of methoxy groups -OCH3 is 1. The molecule has 4 aromatic carbocycles. The average molecular weight is 611 g/mol. The first-order chi connectivity index (χ1) is 21.9. The standard InChI is InChI=1S/C35H30O10/c1-40-35-30(45-34(39)26-20-12-5-13-21-26)29(44-33(38)25-18-10-4-11-19-25)28(43-32(37)24-16-8-3-9-17-24)27(42-35)22-41-31(36)23-14-6-2-7-15-23/h2-21,27-30,35H,22H2,1H3/t27-,28+,29-,30+,35-/m0/s1. The van der Waals surface area contributed by atoms with Gasteiger partial charge >= 0.3 is 23.9 Å². The third-order valence-electron chi connectivity index (χ3n) is 6.97. The summed E-state index contributed by atoms with van der Waals surface area (Å²) in [5.41, 5.74) is 0.914. The van der Waals surface area contributed by atoms with Crippen molar-refractivity contribution >= 4 is 23.9 Å².